The standard InChI is InChI=1S/C13H22NO3P/c1-3-16-18(15,17-4-2)12-6-5-7-13-8-10-14-11-9-13/h8-11H,3-7,12H2,1-2H3. The van der Waals surface area contributed by atoms with Gasteiger partial charge in [0.2, 0.25) is 0 Å². The maximum absolute atomic E-state index is 12.2. The van der Waals surface area contributed by atoms with E-state index in [4.69, 9.17) is 9.05 Å². The highest BCUT2D eigenvalue weighted by molar-refractivity contribution is 7.53. The third-order valence-electron chi connectivity index (χ3n) is 2.55. The van der Waals surface area contributed by atoms with Crippen LogP contribution in [0.15, 0.2) is 24.5 Å². The van der Waals surface area contributed by atoms with E-state index < -0.39 is 7.60 Å². The molecule has 5 heteroatoms. The zero-order valence-corrected chi connectivity index (χ0v) is 12.1. The highest BCUT2D eigenvalue weighted by Crippen LogP contribution is 2.48. The Balaban J connectivity index is 2.29. The Morgan fingerprint density at radius 1 is 1.11 bits per heavy atom. The Kier molecular flexibility index (Phi) is 7.18. The van der Waals surface area contributed by atoms with E-state index in [-0.39, 0.29) is 0 Å². The number of rotatable bonds is 9. The van der Waals surface area contributed by atoms with Crippen LogP contribution >= 0.6 is 7.60 Å². The average Bonchev–Trinajstić information content (AvgIpc) is 2.37. The number of aryl methyl sites for hydroxylation is 1. The van der Waals surface area contributed by atoms with Gasteiger partial charge in [-0.1, -0.05) is 0 Å². The lowest BCUT2D eigenvalue weighted by Crippen LogP contribution is -2.00. The van der Waals surface area contributed by atoms with Crippen LogP contribution in [-0.4, -0.2) is 24.4 Å². The molecule has 1 aromatic heterocycles. The normalized spacial score (nSPS) is 11.7. The topological polar surface area (TPSA) is 48.4 Å². The predicted octanol–water partition coefficient (Wildman–Crippen LogP) is 3.67. The molecule has 0 unspecified atom stereocenters. The van der Waals surface area contributed by atoms with Crippen molar-refractivity contribution in [2.24, 2.45) is 0 Å². The maximum atomic E-state index is 12.2. The van der Waals surface area contributed by atoms with Crippen molar-refractivity contribution in [3.05, 3.63) is 30.1 Å². The minimum Gasteiger partial charge on any atom is -0.309 e. The fraction of sp³-hybridized carbons (Fsp3) is 0.615. The Labute approximate surface area is 109 Å². The van der Waals surface area contributed by atoms with Gasteiger partial charge >= 0.3 is 7.60 Å². The van der Waals surface area contributed by atoms with Crippen LogP contribution in [0.25, 0.3) is 0 Å². The summed E-state index contributed by atoms with van der Waals surface area (Å²) in [6.07, 6.45) is 6.88. The molecule has 1 heterocycles. The lowest BCUT2D eigenvalue weighted by atomic mass is 10.1. The number of hydrogen-bond acceptors (Lipinski definition) is 4. The number of hydrogen-bond donors (Lipinski definition) is 0. The van der Waals surface area contributed by atoms with Gasteiger partial charge in [0, 0.05) is 12.4 Å². The fourth-order valence-corrected chi connectivity index (χ4v) is 3.47. The number of aromatic nitrogens is 1. The second-order valence-electron chi connectivity index (χ2n) is 3.98. The zero-order valence-electron chi connectivity index (χ0n) is 11.2. The molecule has 0 saturated carbocycles. The van der Waals surface area contributed by atoms with Gasteiger partial charge in [-0.2, -0.15) is 0 Å². The monoisotopic (exact) mass is 271 g/mol. The van der Waals surface area contributed by atoms with Crippen molar-refractivity contribution in [2.45, 2.75) is 33.1 Å². The van der Waals surface area contributed by atoms with Crippen LogP contribution in [0, 0.1) is 0 Å². The molecule has 0 aliphatic carbocycles. The Hall–Kier alpha value is -0.700. The third kappa shape index (κ3) is 5.76. The van der Waals surface area contributed by atoms with Crippen molar-refractivity contribution in [2.75, 3.05) is 19.4 Å². The summed E-state index contributed by atoms with van der Waals surface area (Å²) in [6.45, 7) is 4.54. The van der Waals surface area contributed by atoms with Gasteiger partial charge in [-0.05, 0) is 50.8 Å². The van der Waals surface area contributed by atoms with Crippen molar-refractivity contribution in [3.63, 3.8) is 0 Å². The van der Waals surface area contributed by atoms with E-state index in [0.29, 0.717) is 19.4 Å². The summed E-state index contributed by atoms with van der Waals surface area (Å²) in [4.78, 5) is 3.98. The molecule has 0 aliphatic rings. The Morgan fingerprint density at radius 2 is 1.72 bits per heavy atom. The van der Waals surface area contributed by atoms with Gasteiger partial charge in [-0.25, -0.2) is 0 Å². The van der Waals surface area contributed by atoms with Crippen LogP contribution in [0.4, 0.5) is 0 Å². The molecule has 0 radical (unpaired) electrons. The van der Waals surface area contributed by atoms with Crippen molar-refractivity contribution < 1.29 is 13.6 Å². The summed E-state index contributed by atoms with van der Waals surface area (Å²) in [5, 5.41) is 0. The lowest BCUT2D eigenvalue weighted by Gasteiger charge is -2.16. The summed E-state index contributed by atoms with van der Waals surface area (Å²) in [6, 6.07) is 4.01. The van der Waals surface area contributed by atoms with Gasteiger partial charge in [0.25, 0.3) is 0 Å². The van der Waals surface area contributed by atoms with E-state index >= 15 is 0 Å². The summed E-state index contributed by atoms with van der Waals surface area (Å²) in [7, 11) is -2.85. The Bertz CT molecular complexity index is 360. The zero-order chi connectivity index (χ0) is 13.3. The van der Waals surface area contributed by atoms with Crippen molar-refractivity contribution in [3.8, 4) is 0 Å². The molecule has 0 fully saturated rings. The highest BCUT2D eigenvalue weighted by atomic mass is 31.2. The molecular formula is C13H22NO3P. The molecule has 0 atom stereocenters. The molecule has 0 saturated heterocycles. The van der Waals surface area contributed by atoms with Gasteiger partial charge in [-0.15, -0.1) is 0 Å². The van der Waals surface area contributed by atoms with Crippen LogP contribution in [0.5, 0.6) is 0 Å². The van der Waals surface area contributed by atoms with Crippen LogP contribution in [0.1, 0.15) is 32.3 Å². The molecule has 0 N–H and O–H groups in total. The summed E-state index contributed by atoms with van der Waals surface area (Å²) in [5.41, 5.74) is 1.26. The second-order valence-corrected chi connectivity index (χ2v) is 6.17. The van der Waals surface area contributed by atoms with Crippen molar-refractivity contribution in [1.82, 2.24) is 4.98 Å². The molecule has 0 aliphatic heterocycles. The molecule has 4 nitrogen and oxygen atoms in total. The van der Waals surface area contributed by atoms with E-state index in [0.717, 1.165) is 19.3 Å². The van der Waals surface area contributed by atoms with E-state index in [1.807, 2.05) is 26.0 Å². The number of nitrogens with zero attached hydrogens (tertiary/aromatic N) is 1. The SMILES string of the molecule is CCOP(=O)(CCCCc1ccncc1)OCC. The van der Waals surface area contributed by atoms with E-state index in [1.165, 1.54) is 5.56 Å². The van der Waals surface area contributed by atoms with Gasteiger partial charge in [0.05, 0.1) is 19.4 Å². The molecule has 0 amide bonds. The molecule has 1 rings (SSSR count). The van der Waals surface area contributed by atoms with Gasteiger partial charge in [0.1, 0.15) is 0 Å². The minimum atomic E-state index is -2.85. The maximum Gasteiger partial charge on any atom is 0.330 e. The second kappa shape index (κ2) is 8.41. The summed E-state index contributed by atoms with van der Waals surface area (Å²) < 4.78 is 22.7. The molecule has 18 heavy (non-hydrogen) atoms. The fourth-order valence-electron chi connectivity index (χ4n) is 1.74. The molecule has 102 valence electrons. The highest BCUT2D eigenvalue weighted by Gasteiger charge is 2.22. The van der Waals surface area contributed by atoms with Crippen molar-refractivity contribution >= 4 is 7.60 Å². The average molecular weight is 271 g/mol. The van der Waals surface area contributed by atoms with Crippen LogP contribution in [0.2, 0.25) is 0 Å². The third-order valence-corrected chi connectivity index (χ3v) is 4.72. The molecular weight excluding hydrogens is 249 g/mol. The van der Waals surface area contributed by atoms with Crippen LogP contribution < -0.4 is 0 Å². The van der Waals surface area contributed by atoms with Gasteiger partial charge in [0.15, 0.2) is 0 Å². The molecule has 0 bridgehead atoms. The smallest absolute Gasteiger partial charge is 0.309 e. The first kappa shape index (κ1) is 15.4. The molecule has 0 aromatic carbocycles. The van der Waals surface area contributed by atoms with Gasteiger partial charge in [-0.3, -0.25) is 9.55 Å². The lowest BCUT2D eigenvalue weighted by molar-refractivity contribution is 0.219. The first-order valence-electron chi connectivity index (χ1n) is 6.47. The predicted molar refractivity (Wildman–Crippen MR) is 72.9 cm³/mol. The summed E-state index contributed by atoms with van der Waals surface area (Å²) >= 11 is 0. The van der Waals surface area contributed by atoms with E-state index in [1.54, 1.807) is 12.4 Å². The molecule has 1 aromatic rings. The number of pyridine rings is 1. The van der Waals surface area contributed by atoms with E-state index in [9.17, 15) is 4.57 Å². The van der Waals surface area contributed by atoms with E-state index in [2.05, 4.69) is 4.98 Å². The largest absolute Gasteiger partial charge is 0.330 e. The minimum absolute atomic E-state index is 0.432. The van der Waals surface area contributed by atoms with Crippen molar-refractivity contribution in [1.29, 1.82) is 0 Å². The van der Waals surface area contributed by atoms with Crippen LogP contribution in [-0.2, 0) is 20.0 Å². The number of unbranched alkanes of at least 4 members (excludes halogenated alkanes) is 1. The Morgan fingerprint density at radius 3 is 2.28 bits per heavy atom. The first-order valence-corrected chi connectivity index (χ1v) is 8.20. The summed E-state index contributed by atoms with van der Waals surface area (Å²) in [5.74, 6) is 0. The molecule has 0 spiro atoms. The quantitative estimate of drug-likeness (QED) is 0.508. The van der Waals surface area contributed by atoms with Gasteiger partial charge < -0.3 is 9.05 Å². The van der Waals surface area contributed by atoms with Crippen LogP contribution in [0.3, 0.4) is 0 Å². The first-order chi connectivity index (χ1) is 8.70.